The minimum absolute atomic E-state index is 0.0884. The molecule has 2 amide bonds. The average Bonchev–Trinajstić information content (AvgIpc) is 2.52. The molecule has 0 unspecified atom stereocenters. The number of hydrogen-bond donors (Lipinski definition) is 2. The van der Waals surface area contributed by atoms with E-state index in [2.05, 4.69) is 27.9 Å². The first-order valence-electron chi connectivity index (χ1n) is 6.73. The fourth-order valence-corrected chi connectivity index (χ4v) is 3.00. The number of ether oxygens (including phenoxy) is 1. The van der Waals surface area contributed by atoms with Gasteiger partial charge in [0, 0.05) is 8.47 Å². The lowest BCUT2D eigenvalue weighted by atomic mass is 10.3. The fraction of sp³-hybridized carbons (Fsp3) is 0.125. The third-order valence-electron chi connectivity index (χ3n) is 2.70. The molecule has 7 heteroatoms. The van der Waals surface area contributed by atoms with Crippen LogP contribution in [-0.4, -0.2) is 24.2 Å². The summed E-state index contributed by atoms with van der Waals surface area (Å²) in [7, 11) is 0. The Hall–Kier alpha value is -1.74. The number of nitrogens with one attached hydrogen (secondary N) is 1. The molecule has 0 spiro atoms. The van der Waals surface area contributed by atoms with Crippen molar-refractivity contribution in [3.8, 4) is 5.75 Å². The van der Waals surface area contributed by atoms with Gasteiger partial charge in [0.2, 0.25) is 5.91 Å². The van der Waals surface area contributed by atoms with Gasteiger partial charge < -0.3 is 15.8 Å². The number of carbonyl (C=O) groups is 2. The topological polar surface area (TPSA) is 81.4 Å². The van der Waals surface area contributed by atoms with Gasteiger partial charge in [-0.05, 0) is 52.9 Å². The van der Waals surface area contributed by atoms with Crippen LogP contribution in [0.2, 0.25) is 0 Å². The maximum absolute atomic E-state index is 12.0. The third kappa shape index (κ3) is 6.11. The van der Waals surface area contributed by atoms with E-state index in [1.165, 1.54) is 11.8 Å². The van der Waals surface area contributed by atoms with Gasteiger partial charge >= 0.3 is 0 Å². The molecule has 0 radical (unpaired) electrons. The molecule has 0 saturated heterocycles. The van der Waals surface area contributed by atoms with Crippen LogP contribution in [0.3, 0.4) is 0 Å². The van der Waals surface area contributed by atoms with Gasteiger partial charge in [-0.1, -0.05) is 18.2 Å². The van der Waals surface area contributed by atoms with E-state index >= 15 is 0 Å². The number of para-hydroxylation sites is 1. The Morgan fingerprint density at radius 3 is 2.70 bits per heavy atom. The van der Waals surface area contributed by atoms with Crippen molar-refractivity contribution in [1.29, 1.82) is 0 Å². The van der Waals surface area contributed by atoms with Gasteiger partial charge in [0.25, 0.3) is 5.91 Å². The standard InChI is InChI=1S/C16H15IN2O3S/c17-11-4-3-5-12(8-11)22-9-16(21)19-13-6-1-2-7-14(13)23-10-15(18)20/h1-8H,9-10H2,(H2,18,20)(H,19,21). The number of primary amides is 1. The summed E-state index contributed by atoms with van der Waals surface area (Å²) in [5.74, 6) is 0.129. The number of anilines is 1. The highest BCUT2D eigenvalue weighted by atomic mass is 127. The summed E-state index contributed by atoms with van der Waals surface area (Å²) in [4.78, 5) is 23.7. The Labute approximate surface area is 152 Å². The van der Waals surface area contributed by atoms with E-state index in [0.717, 1.165) is 8.47 Å². The van der Waals surface area contributed by atoms with Crippen LogP contribution < -0.4 is 15.8 Å². The lowest BCUT2D eigenvalue weighted by molar-refractivity contribution is -0.118. The molecule has 0 aliphatic rings. The zero-order valence-electron chi connectivity index (χ0n) is 12.1. The van der Waals surface area contributed by atoms with E-state index in [-0.39, 0.29) is 18.3 Å². The lowest BCUT2D eigenvalue weighted by Gasteiger charge is -2.11. The normalized spacial score (nSPS) is 10.1. The summed E-state index contributed by atoms with van der Waals surface area (Å²) in [5, 5.41) is 2.78. The Morgan fingerprint density at radius 1 is 1.17 bits per heavy atom. The zero-order valence-corrected chi connectivity index (χ0v) is 15.1. The molecule has 0 fully saturated rings. The predicted molar refractivity (Wildman–Crippen MR) is 99.6 cm³/mol. The summed E-state index contributed by atoms with van der Waals surface area (Å²) >= 11 is 3.46. The Morgan fingerprint density at radius 2 is 1.96 bits per heavy atom. The predicted octanol–water partition coefficient (Wildman–Crippen LogP) is 2.89. The molecule has 0 aliphatic carbocycles. The molecular weight excluding hydrogens is 427 g/mol. The van der Waals surface area contributed by atoms with Crippen molar-refractivity contribution in [3.63, 3.8) is 0 Å². The minimum atomic E-state index is -0.404. The number of amides is 2. The molecule has 0 aromatic heterocycles. The molecule has 0 aliphatic heterocycles. The molecule has 3 N–H and O–H groups in total. The minimum Gasteiger partial charge on any atom is -0.484 e. The van der Waals surface area contributed by atoms with Crippen molar-refractivity contribution >= 4 is 51.9 Å². The fourth-order valence-electron chi connectivity index (χ4n) is 1.74. The lowest BCUT2D eigenvalue weighted by Crippen LogP contribution is -2.20. The molecule has 2 aromatic rings. The third-order valence-corrected chi connectivity index (χ3v) is 4.46. The molecule has 2 rings (SSSR count). The van der Waals surface area contributed by atoms with Crippen LogP contribution in [0.4, 0.5) is 5.69 Å². The molecular formula is C16H15IN2O3S. The summed E-state index contributed by atoms with van der Waals surface area (Å²) < 4.78 is 6.50. The molecule has 120 valence electrons. The van der Waals surface area contributed by atoms with Crippen molar-refractivity contribution in [2.75, 3.05) is 17.7 Å². The Kier molecular flexibility index (Phi) is 6.72. The van der Waals surface area contributed by atoms with Gasteiger partial charge in [-0.15, -0.1) is 11.8 Å². The summed E-state index contributed by atoms with van der Waals surface area (Å²) in [6.45, 7) is -0.0884. The smallest absolute Gasteiger partial charge is 0.262 e. The van der Waals surface area contributed by atoms with E-state index in [1.807, 2.05) is 36.4 Å². The molecule has 23 heavy (non-hydrogen) atoms. The van der Waals surface area contributed by atoms with Crippen LogP contribution in [0.1, 0.15) is 0 Å². The van der Waals surface area contributed by atoms with Gasteiger partial charge in [-0.3, -0.25) is 9.59 Å². The number of halogens is 1. The summed E-state index contributed by atoms with van der Waals surface area (Å²) in [5.41, 5.74) is 5.78. The molecule has 0 saturated carbocycles. The van der Waals surface area contributed by atoms with Crippen molar-refractivity contribution in [2.45, 2.75) is 4.90 Å². The van der Waals surface area contributed by atoms with Crippen LogP contribution in [0.15, 0.2) is 53.4 Å². The first-order valence-corrected chi connectivity index (χ1v) is 8.79. The first kappa shape index (κ1) is 17.6. The monoisotopic (exact) mass is 442 g/mol. The number of hydrogen-bond acceptors (Lipinski definition) is 4. The number of rotatable bonds is 7. The highest BCUT2D eigenvalue weighted by Crippen LogP contribution is 2.26. The van der Waals surface area contributed by atoms with Crippen LogP contribution in [0.25, 0.3) is 0 Å². The quantitative estimate of drug-likeness (QED) is 0.511. The van der Waals surface area contributed by atoms with Crippen LogP contribution in [0, 0.1) is 3.57 Å². The first-order chi connectivity index (χ1) is 11.0. The van der Waals surface area contributed by atoms with Crippen LogP contribution in [-0.2, 0) is 9.59 Å². The van der Waals surface area contributed by atoms with Crippen molar-refractivity contribution < 1.29 is 14.3 Å². The van der Waals surface area contributed by atoms with E-state index in [1.54, 1.807) is 12.1 Å². The van der Waals surface area contributed by atoms with Crippen LogP contribution >= 0.6 is 34.4 Å². The van der Waals surface area contributed by atoms with Gasteiger partial charge in [-0.25, -0.2) is 0 Å². The van der Waals surface area contributed by atoms with Crippen molar-refractivity contribution in [2.24, 2.45) is 5.73 Å². The van der Waals surface area contributed by atoms with E-state index < -0.39 is 5.91 Å². The van der Waals surface area contributed by atoms with Gasteiger partial charge in [0.05, 0.1) is 11.4 Å². The number of nitrogens with two attached hydrogens (primary N) is 1. The number of thioether (sulfide) groups is 1. The highest BCUT2D eigenvalue weighted by Gasteiger charge is 2.09. The van der Waals surface area contributed by atoms with Gasteiger partial charge in [0.15, 0.2) is 6.61 Å². The molecule has 2 aromatic carbocycles. The number of benzene rings is 2. The molecule has 0 atom stereocenters. The average molecular weight is 442 g/mol. The van der Waals surface area contributed by atoms with E-state index in [0.29, 0.717) is 11.4 Å². The second-order valence-electron chi connectivity index (χ2n) is 4.55. The zero-order chi connectivity index (χ0) is 16.7. The molecule has 0 bridgehead atoms. The summed E-state index contributed by atoms with van der Waals surface area (Å²) in [6, 6.07) is 14.7. The Bertz CT molecular complexity index is 709. The summed E-state index contributed by atoms with van der Waals surface area (Å²) in [6.07, 6.45) is 0. The van der Waals surface area contributed by atoms with E-state index in [9.17, 15) is 9.59 Å². The second kappa shape index (κ2) is 8.78. The van der Waals surface area contributed by atoms with Crippen molar-refractivity contribution in [1.82, 2.24) is 0 Å². The Balaban J connectivity index is 1.93. The number of carbonyl (C=O) groups excluding carboxylic acids is 2. The van der Waals surface area contributed by atoms with E-state index in [4.69, 9.17) is 10.5 Å². The van der Waals surface area contributed by atoms with Gasteiger partial charge in [0.1, 0.15) is 5.75 Å². The molecule has 5 nitrogen and oxygen atoms in total. The van der Waals surface area contributed by atoms with Crippen LogP contribution in [0.5, 0.6) is 5.75 Å². The highest BCUT2D eigenvalue weighted by molar-refractivity contribution is 14.1. The maximum Gasteiger partial charge on any atom is 0.262 e. The maximum atomic E-state index is 12.0. The largest absolute Gasteiger partial charge is 0.484 e. The van der Waals surface area contributed by atoms with Gasteiger partial charge in [-0.2, -0.15) is 0 Å². The molecule has 0 heterocycles. The second-order valence-corrected chi connectivity index (χ2v) is 6.81. The SMILES string of the molecule is NC(=O)CSc1ccccc1NC(=O)COc1cccc(I)c1. The van der Waals surface area contributed by atoms with Crippen molar-refractivity contribution in [3.05, 3.63) is 52.1 Å².